The van der Waals surface area contributed by atoms with Crippen molar-refractivity contribution < 1.29 is 4.42 Å². The minimum atomic E-state index is 0.607. The van der Waals surface area contributed by atoms with Crippen LogP contribution in [-0.2, 0) is 6.42 Å². The van der Waals surface area contributed by atoms with Crippen LogP contribution in [0.1, 0.15) is 38.4 Å². The molecule has 84 valence electrons. The molecule has 0 amide bonds. The summed E-state index contributed by atoms with van der Waals surface area (Å²) >= 11 is 0. The lowest BCUT2D eigenvalue weighted by Gasteiger charge is -2.27. The van der Waals surface area contributed by atoms with Crippen molar-refractivity contribution in [3.05, 3.63) is 24.2 Å². The number of hydrogen-bond acceptors (Lipinski definition) is 2. The SMILES string of the molecule is CC(CCc1ccco1)NCC1CCC1. The van der Waals surface area contributed by atoms with E-state index in [1.54, 1.807) is 6.26 Å². The Hall–Kier alpha value is -0.760. The summed E-state index contributed by atoms with van der Waals surface area (Å²) in [6.45, 7) is 3.47. The van der Waals surface area contributed by atoms with Crippen LogP contribution in [0.15, 0.2) is 22.8 Å². The topological polar surface area (TPSA) is 25.2 Å². The van der Waals surface area contributed by atoms with Crippen molar-refractivity contribution in [2.24, 2.45) is 5.92 Å². The average molecular weight is 207 g/mol. The van der Waals surface area contributed by atoms with E-state index in [4.69, 9.17) is 4.42 Å². The number of nitrogens with one attached hydrogen (secondary N) is 1. The molecule has 15 heavy (non-hydrogen) atoms. The van der Waals surface area contributed by atoms with Crippen LogP contribution in [0.5, 0.6) is 0 Å². The Kier molecular flexibility index (Phi) is 3.84. The summed E-state index contributed by atoms with van der Waals surface area (Å²) in [4.78, 5) is 0. The van der Waals surface area contributed by atoms with E-state index >= 15 is 0 Å². The number of aryl methyl sites for hydroxylation is 1. The lowest BCUT2D eigenvalue weighted by molar-refractivity contribution is 0.288. The molecule has 2 nitrogen and oxygen atoms in total. The molecule has 1 unspecified atom stereocenters. The fraction of sp³-hybridized carbons (Fsp3) is 0.692. The monoisotopic (exact) mass is 207 g/mol. The third-order valence-corrected chi connectivity index (χ3v) is 3.38. The quantitative estimate of drug-likeness (QED) is 0.775. The van der Waals surface area contributed by atoms with Gasteiger partial charge in [0.15, 0.2) is 0 Å². The summed E-state index contributed by atoms with van der Waals surface area (Å²) < 4.78 is 5.31. The van der Waals surface area contributed by atoms with Crippen molar-refractivity contribution in [1.82, 2.24) is 5.32 Å². The minimum absolute atomic E-state index is 0.607. The number of furan rings is 1. The van der Waals surface area contributed by atoms with Gasteiger partial charge in [-0.05, 0) is 50.8 Å². The highest BCUT2D eigenvalue weighted by molar-refractivity contribution is 4.98. The zero-order valence-corrected chi connectivity index (χ0v) is 9.54. The highest BCUT2D eigenvalue weighted by atomic mass is 16.3. The van der Waals surface area contributed by atoms with Crippen molar-refractivity contribution in [2.75, 3.05) is 6.54 Å². The number of hydrogen-bond donors (Lipinski definition) is 1. The first-order valence-electron chi connectivity index (χ1n) is 6.10. The Bertz CT molecular complexity index is 264. The van der Waals surface area contributed by atoms with Crippen molar-refractivity contribution in [1.29, 1.82) is 0 Å². The van der Waals surface area contributed by atoms with E-state index in [0.29, 0.717) is 6.04 Å². The van der Waals surface area contributed by atoms with Gasteiger partial charge in [-0.2, -0.15) is 0 Å². The number of rotatable bonds is 6. The molecule has 1 fully saturated rings. The van der Waals surface area contributed by atoms with E-state index < -0.39 is 0 Å². The van der Waals surface area contributed by atoms with Crippen molar-refractivity contribution in [3.8, 4) is 0 Å². The average Bonchev–Trinajstić information content (AvgIpc) is 2.64. The van der Waals surface area contributed by atoms with Crippen molar-refractivity contribution in [3.63, 3.8) is 0 Å². The van der Waals surface area contributed by atoms with E-state index in [1.165, 1.54) is 32.2 Å². The molecule has 1 heterocycles. The highest BCUT2D eigenvalue weighted by Crippen LogP contribution is 2.25. The maximum Gasteiger partial charge on any atom is 0.103 e. The fourth-order valence-corrected chi connectivity index (χ4v) is 1.98. The van der Waals surface area contributed by atoms with Crippen LogP contribution in [0.2, 0.25) is 0 Å². The highest BCUT2D eigenvalue weighted by Gasteiger charge is 2.17. The van der Waals surface area contributed by atoms with Gasteiger partial charge in [-0.15, -0.1) is 0 Å². The van der Waals surface area contributed by atoms with E-state index in [-0.39, 0.29) is 0 Å². The first kappa shape index (κ1) is 10.7. The summed E-state index contributed by atoms with van der Waals surface area (Å²) in [7, 11) is 0. The van der Waals surface area contributed by atoms with Crippen LogP contribution in [-0.4, -0.2) is 12.6 Å². The van der Waals surface area contributed by atoms with Crippen LogP contribution in [0.4, 0.5) is 0 Å². The fourth-order valence-electron chi connectivity index (χ4n) is 1.98. The summed E-state index contributed by atoms with van der Waals surface area (Å²) in [5.41, 5.74) is 0. The van der Waals surface area contributed by atoms with Crippen LogP contribution in [0.3, 0.4) is 0 Å². The van der Waals surface area contributed by atoms with Crippen LogP contribution in [0.25, 0.3) is 0 Å². The molecule has 0 aliphatic heterocycles. The van der Waals surface area contributed by atoms with Gasteiger partial charge in [0.2, 0.25) is 0 Å². The minimum Gasteiger partial charge on any atom is -0.469 e. The Labute approximate surface area is 92.1 Å². The predicted octanol–water partition coefficient (Wildman–Crippen LogP) is 2.99. The molecule has 1 saturated carbocycles. The van der Waals surface area contributed by atoms with Gasteiger partial charge >= 0.3 is 0 Å². The molecule has 1 aromatic heterocycles. The van der Waals surface area contributed by atoms with Gasteiger partial charge < -0.3 is 9.73 Å². The predicted molar refractivity (Wildman–Crippen MR) is 61.8 cm³/mol. The van der Waals surface area contributed by atoms with Gasteiger partial charge in [-0.3, -0.25) is 0 Å². The normalized spacial score (nSPS) is 18.7. The zero-order chi connectivity index (χ0) is 10.5. The standard InChI is InChI=1S/C13H21NO/c1-11(14-10-12-4-2-5-12)7-8-13-6-3-9-15-13/h3,6,9,11-12,14H,2,4-5,7-8,10H2,1H3. The third-order valence-electron chi connectivity index (χ3n) is 3.38. The molecular formula is C13H21NO. The lowest BCUT2D eigenvalue weighted by atomic mass is 9.85. The van der Waals surface area contributed by atoms with E-state index in [0.717, 1.165) is 18.1 Å². The summed E-state index contributed by atoms with van der Waals surface area (Å²) in [6, 6.07) is 4.62. The first-order valence-corrected chi connectivity index (χ1v) is 6.10. The molecule has 0 spiro atoms. The first-order chi connectivity index (χ1) is 7.34. The van der Waals surface area contributed by atoms with E-state index in [9.17, 15) is 0 Å². The Morgan fingerprint density at radius 1 is 1.53 bits per heavy atom. The van der Waals surface area contributed by atoms with Gasteiger partial charge in [0, 0.05) is 12.5 Å². The lowest BCUT2D eigenvalue weighted by Crippen LogP contribution is -2.33. The van der Waals surface area contributed by atoms with E-state index in [2.05, 4.69) is 18.3 Å². The maximum atomic E-state index is 5.31. The molecule has 1 atom stereocenters. The molecule has 2 rings (SSSR count). The Morgan fingerprint density at radius 3 is 3.00 bits per heavy atom. The maximum absolute atomic E-state index is 5.31. The second-order valence-electron chi connectivity index (χ2n) is 4.72. The van der Waals surface area contributed by atoms with Gasteiger partial charge in [0.05, 0.1) is 6.26 Å². The molecule has 1 aromatic rings. The van der Waals surface area contributed by atoms with Crippen LogP contribution < -0.4 is 5.32 Å². The van der Waals surface area contributed by atoms with Gasteiger partial charge in [-0.25, -0.2) is 0 Å². The van der Waals surface area contributed by atoms with Crippen molar-refractivity contribution in [2.45, 2.75) is 45.1 Å². The van der Waals surface area contributed by atoms with Crippen LogP contribution >= 0.6 is 0 Å². The van der Waals surface area contributed by atoms with Gasteiger partial charge in [0.25, 0.3) is 0 Å². The molecule has 2 heteroatoms. The zero-order valence-electron chi connectivity index (χ0n) is 9.54. The molecule has 0 radical (unpaired) electrons. The molecular weight excluding hydrogens is 186 g/mol. The molecule has 1 aliphatic carbocycles. The second-order valence-corrected chi connectivity index (χ2v) is 4.72. The molecule has 1 N–H and O–H groups in total. The molecule has 1 aliphatic rings. The molecule has 0 aromatic carbocycles. The second kappa shape index (κ2) is 5.36. The van der Waals surface area contributed by atoms with Crippen molar-refractivity contribution >= 4 is 0 Å². The smallest absolute Gasteiger partial charge is 0.103 e. The van der Waals surface area contributed by atoms with Gasteiger partial charge in [-0.1, -0.05) is 6.42 Å². The largest absolute Gasteiger partial charge is 0.469 e. The molecule has 0 saturated heterocycles. The third kappa shape index (κ3) is 3.38. The van der Waals surface area contributed by atoms with Gasteiger partial charge in [0.1, 0.15) is 5.76 Å². The Balaban J connectivity index is 1.57. The Morgan fingerprint density at radius 2 is 2.40 bits per heavy atom. The summed E-state index contributed by atoms with van der Waals surface area (Å²) in [5.74, 6) is 2.06. The molecule has 0 bridgehead atoms. The summed E-state index contributed by atoms with van der Waals surface area (Å²) in [6.07, 6.45) is 8.26. The van der Waals surface area contributed by atoms with E-state index in [1.807, 2.05) is 6.07 Å². The summed E-state index contributed by atoms with van der Waals surface area (Å²) in [5, 5.41) is 3.61. The van der Waals surface area contributed by atoms with Crippen LogP contribution in [0, 0.1) is 5.92 Å².